The van der Waals surface area contributed by atoms with Crippen LogP contribution < -0.4 is 20.1 Å². The average Bonchev–Trinajstić information content (AvgIpc) is 3.66. The van der Waals surface area contributed by atoms with Gasteiger partial charge in [-0.25, -0.2) is 0 Å². The molecule has 0 aliphatic carbocycles. The second-order valence-electron chi connectivity index (χ2n) is 16.1. The van der Waals surface area contributed by atoms with Crippen LogP contribution in [-0.4, -0.2) is 61.7 Å². The second-order valence-corrected chi connectivity index (χ2v) is 20.8. The van der Waals surface area contributed by atoms with Gasteiger partial charge in [0.15, 0.2) is 5.60 Å². The molecule has 8 rings (SSSR count). The van der Waals surface area contributed by atoms with Gasteiger partial charge >= 0.3 is 0 Å². The zero-order chi connectivity index (χ0) is 39.9. The van der Waals surface area contributed by atoms with E-state index in [1.54, 1.807) is 29.0 Å². The molecule has 10 heteroatoms. The highest BCUT2D eigenvalue weighted by atomic mass is 28.3. The Morgan fingerprint density at radius 1 is 0.895 bits per heavy atom. The van der Waals surface area contributed by atoms with Gasteiger partial charge in [0.2, 0.25) is 5.91 Å². The zero-order valence-corrected chi connectivity index (χ0v) is 33.9. The lowest BCUT2D eigenvalue weighted by Crippen LogP contribution is -2.52. The highest BCUT2D eigenvalue weighted by molar-refractivity contribution is 6.91. The van der Waals surface area contributed by atoms with Crippen LogP contribution in [-0.2, 0) is 39.4 Å². The molecular formula is C47H49N3O6Si. The average molecular weight is 780 g/mol. The van der Waals surface area contributed by atoms with Crippen molar-refractivity contribution in [2.45, 2.75) is 69.2 Å². The van der Waals surface area contributed by atoms with Gasteiger partial charge in [0.25, 0.3) is 11.8 Å². The van der Waals surface area contributed by atoms with Crippen LogP contribution in [0.5, 0.6) is 5.75 Å². The smallest absolute Gasteiger partial charge is 0.264 e. The van der Waals surface area contributed by atoms with Gasteiger partial charge in [0.1, 0.15) is 5.75 Å². The summed E-state index contributed by atoms with van der Waals surface area (Å²) in [6.07, 6.45) is -0.00507. The number of carbonyl (C=O) groups is 3. The third-order valence-corrected chi connectivity index (χ3v) is 16.9. The molecule has 1 spiro atoms. The van der Waals surface area contributed by atoms with Crippen molar-refractivity contribution in [3.8, 4) is 5.75 Å². The number of hydrogen-bond acceptors (Lipinski definition) is 6. The highest BCUT2D eigenvalue weighted by Crippen LogP contribution is 2.60. The number of methoxy groups -OCH3 is 1. The normalized spacial score (nSPS) is 22.6. The van der Waals surface area contributed by atoms with Crippen molar-refractivity contribution in [3.63, 3.8) is 0 Å². The van der Waals surface area contributed by atoms with Crippen molar-refractivity contribution in [2.75, 3.05) is 23.9 Å². The van der Waals surface area contributed by atoms with Crippen molar-refractivity contribution in [1.82, 2.24) is 4.90 Å². The van der Waals surface area contributed by atoms with Crippen LogP contribution >= 0.6 is 0 Å². The Balaban J connectivity index is 1.22. The molecular weight excluding hydrogens is 731 g/mol. The van der Waals surface area contributed by atoms with E-state index in [9.17, 15) is 14.7 Å². The molecule has 0 saturated carbocycles. The molecule has 0 bridgehead atoms. The monoisotopic (exact) mass is 779 g/mol. The first-order chi connectivity index (χ1) is 27.5. The van der Waals surface area contributed by atoms with E-state index in [-0.39, 0.29) is 48.3 Å². The van der Waals surface area contributed by atoms with Crippen LogP contribution in [0, 0.1) is 5.92 Å². The highest BCUT2D eigenvalue weighted by Gasteiger charge is 2.66. The summed E-state index contributed by atoms with van der Waals surface area (Å²) >= 11 is 0. The molecule has 292 valence electrons. The number of fused-ring (bicyclic) bond motifs is 3. The van der Waals surface area contributed by atoms with Crippen LogP contribution in [0.25, 0.3) is 0 Å². The van der Waals surface area contributed by atoms with Gasteiger partial charge in [-0.1, -0.05) is 110 Å². The Morgan fingerprint density at radius 2 is 1.56 bits per heavy atom. The standard InChI is InChI=1S/C47H49N3O6Si/c1-31-44(57(3,4)39-22-20-38(55-2)21-23-39)42(27-43(52)49-29-35-18-12-11-17-34(35)25-37(49)30-51)56-47(31)40-26-36(48-45(53)33-15-9-6-10-16-33)19-24-41(40)50(46(47)54)28-32-13-7-5-8-14-32/h5-24,26,31,37,42,44,51H,25,27-30H2,1-4H3,(H,48,53)/t31-,37-,42+,44-,47+/m0/s1. The summed E-state index contributed by atoms with van der Waals surface area (Å²) in [6.45, 7) is 7.27. The van der Waals surface area contributed by atoms with E-state index in [0.29, 0.717) is 36.3 Å². The van der Waals surface area contributed by atoms with E-state index >= 15 is 4.79 Å². The summed E-state index contributed by atoms with van der Waals surface area (Å²) < 4.78 is 12.8. The third-order valence-electron chi connectivity index (χ3n) is 12.6. The van der Waals surface area contributed by atoms with E-state index in [1.165, 1.54) is 0 Å². The first kappa shape index (κ1) is 38.3. The van der Waals surface area contributed by atoms with Gasteiger partial charge in [-0.05, 0) is 71.1 Å². The Hall–Kier alpha value is -5.55. The lowest BCUT2D eigenvalue weighted by Gasteiger charge is -2.39. The van der Waals surface area contributed by atoms with Crippen molar-refractivity contribution >= 4 is 42.4 Å². The number of carbonyl (C=O) groups excluding carboxylic acids is 3. The van der Waals surface area contributed by atoms with E-state index in [0.717, 1.165) is 33.3 Å². The molecule has 57 heavy (non-hydrogen) atoms. The molecule has 3 aliphatic heterocycles. The SMILES string of the molecule is COc1ccc([Si](C)(C)[C@@H]2[C@@H](CC(=O)N3Cc4ccccc4C[C@H]3CO)O[C@]3(C(=O)N(Cc4ccccc4)c4ccc(NC(=O)c5ccccc5)cc43)[C@H]2C)cc1. The van der Waals surface area contributed by atoms with Gasteiger partial charge in [-0.15, -0.1) is 0 Å². The molecule has 5 aromatic carbocycles. The lowest BCUT2D eigenvalue weighted by atomic mass is 9.82. The summed E-state index contributed by atoms with van der Waals surface area (Å²) in [6, 6.07) is 40.4. The second kappa shape index (κ2) is 15.4. The summed E-state index contributed by atoms with van der Waals surface area (Å²) in [5, 5.41) is 14.7. The van der Waals surface area contributed by atoms with Gasteiger partial charge in [0, 0.05) is 29.3 Å². The summed E-state index contributed by atoms with van der Waals surface area (Å²) in [4.78, 5) is 47.1. The fourth-order valence-electron chi connectivity index (χ4n) is 9.64. The molecule has 0 unspecified atom stereocenters. The topological polar surface area (TPSA) is 108 Å². The van der Waals surface area contributed by atoms with E-state index in [4.69, 9.17) is 9.47 Å². The number of anilines is 2. The van der Waals surface area contributed by atoms with E-state index in [2.05, 4.69) is 43.5 Å². The number of aliphatic hydroxyl groups excluding tert-OH is 1. The molecule has 3 heterocycles. The van der Waals surface area contributed by atoms with Gasteiger partial charge < -0.3 is 29.7 Å². The predicted octanol–water partition coefficient (Wildman–Crippen LogP) is 7.05. The molecule has 3 amide bonds. The number of rotatable bonds is 10. The van der Waals surface area contributed by atoms with E-state index in [1.807, 2.05) is 97.1 Å². The maximum absolute atomic E-state index is 15.4. The van der Waals surface area contributed by atoms with Crippen LogP contribution in [0.1, 0.15) is 46.0 Å². The number of hydrogen-bond donors (Lipinski definition) is 2. The minimum atomic E-state index is -2.57. The fourth-order valence-corrected chi connectivity index (χ4v) is 13.6. The molecule has 5 atom stereocenters. The molecule has 9 nitrogen and oxygen atoms in total. The molecule has 1 fully saturated rings. The fraction of sp³-hybridized carbons (Fsp3) is 0.298. The van der Waals surface area contributed by atoms with Crippen LogP contribution in [0.15, 0.2) is 127 Å². The number of amides is 3. The summed E-state index contributed by atoms with van der Waals surface area (Å²) in [5.41, 5.74) is 4.02. The minimum Gasteiger partial charge on any atom is -0.497 e. The lowest BCUT2D eigenvalue weighted by molar-refractivity contribution is -0.151. The number of benzene rings is 5. The molecule has 5 aromatic rings. The predicted molar refractivity (Wildman–Crippen MR) is 224 cm³/mol. The molecule has 0 radical (unpaired) electrons. The zero-order valence-electron chi connectivity index (χ0n) is 32.9. The summed E-state index contributed by atoms with van der Waals surface area (Å²) in [5.74, 6) is -0.157. The quantitative estimate of drug-likeness (QED) is 0.147. The van der Waals surface area contributed by atoms with Crippen molar-refractivity contribution in [1.29, 1.82) is 0 Å². The van der Waals surface area contributed by atoms with Gasteiger partial charge in [-0.3, -0.25) is 14.4 Å². The first-order valence-electron chi connectivity index (χ1n) is 19.7. The maximum atomic E-state index is 15.4. The number of aliphatic hydroxyl groups is 1. The van der Waals surface area contributed by atoms with Crippen molar-refractivity contribution in [3.05, 3.63) is 155 Å². The maximum Gasteiger partial charge on any atom is 0.264 e. The minimum absolute atomic E-state index is 0.0493. The van der Waals surface area contributed by atoms with Crippen LogP contribution in [0.3, 0.4) is 0 Å². The first-order valence-corrected chi connectivity index (χ1v) is 22.8. The molecule has 3 aliphatic rings. The van der Waals surface area contributed by atoms with Crippen molar-refractivity contribution < 1.29 is 29.0 Å². The summed E-state index contributed by atoms with van der Waals surface area (Å²) in [7, 11) is -0.925. The Kier molecular flexibility index (Phi) is 10.4. The molecule has 1 saturated heterocycles. The van der Waals surface area contributed by atoms with Crippen LogP contribution in [0.4, 0.5) is 11.4 Å². The number of nitrogens with zero attached hydrogens (tertiary/aromatic N) is 2. The Labute approximate surface area is 335 Å². The Bertz CT molecular complexity index is 2280. The van der Waals surface area contributed by atoms with E-state index < -0.39 is 19.8 Å². The largest absolute Gasteiger partial charge is 0.497 e. The number of ether oxygens (including phenoxy) is 2. The Morgan fingerprint density at radius 3 is 2.25 bits per heavy atom. The van der Waals surface area contributed by atoms with Crippen molar-refractivity contribution in [2.24, 2.45) is 5.92 Å². The molecule has 2 N–H and O–H groups in total. The third kappa shape index (κ3) is 6.85. The molecule has 0 aromatic heterocycles. The van der Waals surface area contributed by atoms with Gasteiger partial charge in [0.05, 0.1) is 52.6 Å². The van der Waals surface area contributed by atoms with Crippen LogP contribution in [0.2, 0.25) is 18.6 Å². The van der Waals surface area contributed by atoms with Gasteiger partial charge in [-0.2, -0.15) is 0 Å². The number of nitrogens with one attached hydrogen (secondary N) is 1.